The minimum absolute atomic E-state index is 0.0969. The summed E-state index contributed by atoms with van der Waals surface area (Å²) >= 11 is 0. The molecule has 1 unspecified atom stereocenters. The van der Waals surface area contributed by atoms with Crippen molar-refractivity contribution in [2.24, 2.45) is 0 Å². The van der Waals surface area contributed by atoms with E-state index in [0.29, 0.717) is 5.75 Å². The zero-order chi connectivity index (χ0) is 12.1. The summed E-state index contributed by atoms with van der Waals surface area (Å²) in [7, 11) is 1.57. The van der Waals surface area contributed by atoms with Crippen LogP contribution in [0.5, 0.6) is 5.75 Å². The first kappa shape index (κ1) is 12.2. The first-order valence-corrected chi connectivity index (χ1v) is 4.96. The van der Waals surface area contributed by atoms with Crippen molar-refractivity contribution in [3.8, 4) is 5.75 Å². The SMILES string of the molecule is COc1ccc(C(NC(C)=O)C(C)=O)cc1. The first-order chi connectivity index (χ1) is 7.54. The number of carbonyl (C=O) groups excluding carboxylic acids is 2. The summed E-state index contributed by atoms with van der Waals surface area (Å²) in [5, 5.41) is 2.60. The van der Waals surface area contributed by atoms with E-state index in [1.54, 1.807) is 31.4 Å². The molecule has 0 aliphatic rings. The highest BCUT2D eigenvalue weighted by Gasteiger charge is 2.17. The van der Waals surface area contributed by atoms with Gasteiger partial charge < -0.3 is 10.1 Å². The van der Waals surface area contributed by atoms with Gasteiger partial charge in [0.25, 0.3) is 0 Å². The Bertz CT molecular complexity index is 384. The molecule has 16 heavy (non-hydrogen) atoms. The highest BCUT2D eigenvalue weighted by atomic mass is 16.5. The van der Waals surface area contributed by atoms with Gasteiger partial charge in [0.15, 0.2) is 5.78 Å². The molecule has 0 spiro atoms. The Balaban J connectivity index is 2.92. The molecule has 0 aliphatic carbocycles. The molecule has 1 atom stereocenters. The van der Waals surface area contributed by atoms with Crippen LogP contribution < -0.4 is 10.1 Å². The molecule has 4 nitrogen and oxygen atoms in total. The molecular weight excluding hydrogens is 206 g/mol. The zero-order valence-corrected chi connectivity index (χ0v) is 9.61. The third-order valence-electron chi connectivity index (χ3n) is 2.20. The molecule has 0 heterocycles. The Morgan fingerprint density at radius 1 is 1.19 bits per heavy atom. The van der Waals surface area contributed by atoms with E-state index < -0.39 is 6.04 Å². The number of hydrogen-bond donors (Lipinski definition) is 1. The van der Waals surface area contributed by atoms with Gasteiger partial charge in [-0.1, -0.05) is 12.1 Å². The minimum Gasteiger partial charge on any atom is -0.497 e. The van der Waals surface area contributed by atoms with Gasteiger partial charge in [0.2, 0.25) is 5.91 Å². The van der Waals surface area contributed by atoms with E-state index >= 15 is 0 Å². The Morgan fingerprint density at radius 3 is 2.12 bits per heavy atom. The van der Waals surface area contributed by atoms with E-state index in [0.717, 1.165) is 5.56 Å². The van der Waals surface area contributed by atoms with Crippen molar-refractivity contribution in [1.82, 2.24) is 5.32 Å². The molecule has 0 saturated carbocycles. The number of methoxy groups -OCH3 is 1. The lowest BCUT2D eigenvalue weighted by molar-refractivity contribution is -0.125. The highest BCUT2D eigenvalue weighted by molar-refractivity contribution is 5.87. The summed E-state index contributed by atoms with van der Waals surface area (Å²) < 4.78 is 5.02. The molecule has 4 heteroatoms. The quantitative estimate of drug-likeness (QED) is 0.837. The second kappa shape index (κ2) is 5.30. The molecule has 0 aliphatic heterocycles. The fourth-order valence-electron chi connectivity index (χ4n) is 1.42. The van der Waals surface area contributed by atoms with Crippen LogP contribution in [-0.4, -0.2) is 18.8 Å². The number of rotatable bonds is 4. The van der Waals surface area contributed by atoms with E-state index in [-0.39, 0.29) is 11.7 Å². The smallest absolute Gasteiger partial charge is 0.217 e. The Labute approximate surface area is 94.6 Å². The third kappa shape index (κ3) is 3.08. The maximum atomic E-state index is 11.4. The van der Waals surface area contributed by atoms with Gasteiger partial charge in [0.1, 0.15) is 11.8 Å². The van der Waals surface area contributed by atoms with E-state index in [1.807, 2.05) is 0 Å². The topological polar surface area (TPSA) is 55.4 Å². The molecular formula is C12H15NO3. The summed E-state index contributed by atoms with van der Waals surface area (Å²) in [4.78, 5) is 22.4. The fourth-order valence-corrected chi connectivity index (χ4v) is 1.42. The van der Waals surface area contributed by atoms with Crippen LogP contribution >= 0.6 is 0 Å². The molecule has 86 valence electrons. The number of ketones is 1. The Morgan fingerprint density at radius 2 is 1.75 bits per heavy atom. The summed E-state index contributed by atoms with van der Waals surface area (Å²) in [6, 6.07) is 6.46. The van der Waals surface area contributed by atoms with E-state index in [1.165, 1.54) is 13.8 Å². The average molecular weight is 221 g/mol. The molecule has 0 radical (unpaired) electrons. The summed E-state index contributed by atoms with van der Waals surface area (Å²) in [5.74, 6) is 0.394. The number of carbonyl (C=O) groups is 2. The van der Waals surface area contributed by atoms with Crippen LogP contribution in [-0.2, 0) is 9.59 Å². The fraction of sp³-hybridized carbons (Fsp3) is 0.333. The van der Waals surface area contributed by atoms with Gasteiger partial charge in [0.05, 0.1) is 7.11 Å². The summed E-state index contributed by atoms with van der Waals surface area (Å²) in [5.41, 5.74) is 0.753. The maximum absolute atomic E-state index is 11.4. The van der Waals surface area contributed by atoms with Crippen molar-refractivity contribution in [3.63, 3.8) is 0 Å². The van der Waals surface area contributed by atoms with Crippen molar-refractivity contribution in [2.45, 2.75) is 19.9 Å². The monoisotopic (exact) mass is 221 g/mol. The molecule has 0 fully saturated rings. The van der Waals surface area contributed by atoms with Crippen molar-refractivity contribution >= 4 is 11.7 Å². The zero-order valence-electron chi connectivity index (χ0n) is 9.61. The summed E-state index contributed by atoms with van der Waals surface area (Å²) in [6.07, 6.45) is 0. The van der Waals surface area contributed by atoms with Crippen molar-refractivity contribution in [2.75, 3.05) is 7.11 Å². The van der Waals surface area contributed by atoms with Crippen LogP contribution in [0, 0.1) is 0 Å². The van der Waals surface area contributed by atoms with E-state index in [4.69, 9.17) is 4.74 Å². The van der Waals surface area contributed by atoms with Crippen LogP contribution in [0.15, 0.2) is 24.3 Å². The predicted molar refractivity (Wildman–Crippen MR) is 60.2 cm³/mol. The van der Waals surface area contributed by atoms with Crippen LogP contribution in [0.1, 0.15) is 25.5 Å². The maximum Gasteiger partial charge on any atom is 0.217 e. The standard InChI is InChI=1S/C12H15NO3/c1-8(14)12(13-9(2)15)10-4-6-11(16-3)7-5-10/h4-7,12H,1-3H3,(H,13,15). The number of ether oxygens (including phenoxy) is 1. The van der Waals surface area contributed by atoms with Crippen molar-refractivity contribution in [3.05, 3.63) is 29.8 Å². The lowest BCUT2D eigenvalue weighted by Gasteiger charge is -2.15. The van der Waals surface area contributed by atoms with E-state index in [9.17, 15) is 9.59 Å². The molecule has 1 rings (SSSR count). The van der Waals surface area contributed by atoms with Gasteiger partial charge in [-0.25, -0.2) is 0 Å². The molecule has 1 amide bonds. The lowest BCUT2D eigenvalue weighted by atomic mass is 10.0. The van der Waals surface area contributed by atoms with Crippen LogP contribution in [0.25, 0.3) is 0 Å². The Hall–Kier alpha value is -1.84. The number of Topliss-reactive ketones (excluding diaryl/α,β-unsaturated/α-hetero) is 1. The van der Waals surface area contributed by atoms with Crippen molar-refractivity contribution < 1.29 is 14.3 Å². The average Bonchev–Trinajstić information content (AvgIpc) is 2.25. The van der Waals surface area contributed by atoms with E-state index in [2.05, 4.69) is 5.32 Å². The highest BCUT2D eigenvalue weighted by Crippen LogP contribution is 2.18. The number of hydrogen-bond acceptors (Lipinski definition) is 3. The largest absolute Gasteiger partial charge is 0.497 e. The molecule has 0 saturated heterocycles. The normalized spacial score (nSPS) is 11.7. The van der Waals surface area contributed by atoms with Crippen LogP contribution in [0.4, 0.5) is 0 Å². The molecule has 1 aromatic carbocycles. The molecule has 1 aromatic rings. The van der Waals surface area contributed by atoms with Gasteiger partial charge in [-0.2, -0.15) is 0 Å². The van der Waals surface area contributed by atoms with Gasteiger partial charge in [0, 0.05) is 6.92 Å². The van der Waals surface area contributed by atoms with Crippen LogP contribution in [0.2, 0.25) is 0 Å². The predicted octanol–water partition coefficient (Wildman–Crippen LogP) is 1.46. The van der Waals surface area contributed by atoms with Gasteiger partial charge >= 0.3 is 0 Å². The van der Waals surface area contributed by atoms with Gasteiger partial charge in [-0.05, 0) is 24.6 Å². The minimum atomic E-state index is -0.580. The molecule has 0 aromatic heterocycles. The number of amides is 1. The van der Waals surface area contributed by atoms with Gasteiger partial charge in [-0.15, -0.1) is 0 Å². The van der Waals surface area contributed by atoms with Gasteiger partial charge in [-0.3, -0.25) is 9.59 Å². The molecule has 1 N–H and O–H groups in total. The lowest BCUT2D eigenvalue weighted by Crippen LogP contribution is -2.30. The third-order valence-corrected chi connectivity index (χ3v) is 2.20. The summed E-state index contributed by atoms with van der Waals surface area (Å²) in [6.45, 7) is 2.84. The Kier molecular flexibility index (Phi) is 4.05. The number of benzene rings is 1. The molecule has 0 bridgehead atoms. The first-order valence-electron chi connectivity index (χ1n) is 4.96. The second-order valence-corrected chi connectivity index (χ2v) is 3.52. The number of nitrogens with one attached hydrogen (secondary N) is 1. The van der Waals surface area contributed by atoms with Crippen molar-refractivity contribution in [1.29, 1.82) is 0 Å². The second-order valence-electron chi connectivity index (χ2n) is 3.52. The van der Waals surface area contributed by atoms with Crippen LogP contribution in [0.3, 0.4) is 0 Å².